The van der Waals surface area contributed by atoms with Crippen molar-refractivity contribution in [2.45, 2.75) is 39.7 Å². The van der Waals surface area contributed by atoms with Crippen LogP contribution in [0, 0.1) is 0 Å². The zero-order valence-electron chi connectivity index (χ0n) is 10.3. The number of hydrogen-bond donors (Lipinski definition) is 0. The number of hydrogen-bond acceptors (Lipinski definition) is 1. The molecule has 0 unspecified atom stereocenters. The van der Waals surface area contributed by atoms with Crippen LogP contribution in [0.3, 0.4) is 0 Å². The van der Waals surface area contributed by atoms with E-state index in [1.54, 1.807) is 0 Å². The van der Waals surface area contributed by atoms with Crippen molar-refractivity contribution >= 4 is 0 Å². The van der Waals surface area contributed by atoms with Crippen LogP contribution in [0.25, 0.3) is 0 Å². The smallest absolute Gasteiger partial charge is 0.0239 e. The van der Waals surface area contributed by atoms with E-state index in [2.05, 4.69) is 44.4 Å². The van der Waals surface area contributed by atoms with Gasteiger partial charge in [0.25, 0.3) is 0 Å². The van der Waals surface area contributed by atoms with Crippen molar-refractivity contribution in [3.63, 3.8) is 0 Å². The van der Waals surface area contributed by atoms with Crippen LogP contribution in [-0.2, 0) is 0 Å². The van der Waals surface area contributed by atoms with Crippen LogP contribution >= 0.6 is 0 Å². The first-order valence-corrected chi connectivity index (χ1v) is 5.94. The van der Waals surface area contributed by atoms with E-state index in [1.165, 1.54) is 24.1 Å². The van der Waals surface area contributed by atoms with Crippen molar-refractivity contribution in [3.05, 3.63) is 36.0 Å². The zero-order chi connectivity index (χ0) is 11.3. The van der Waals surface area contributed by atoms with Gasteiger partial charge in [0.1, 0.15) is 0 Å². The summed E-state index contributed by atoms with van der Waals surface area (Å²) in [4.78, 5) is 2.52. The minimum atomic E-state index is 0.640. The maximum atomic E-state index is 3.80. The molecule has 0 aromatic heterocycles. The van der Waals surface area contributed by atoms with E-state index in [9.17, 15) is 0 Å². The summed E-state index contributed by atoms with van der Waals surface area (Å²) in [5, 5.41) is 0. The van der Waals surface area contributed by atoms with Crippen molar-refractivity contribution in [2.24, 2.45) is 0 Å². The molecule has 0 bridgehead atoms. The number of likely N-dealkylation sites (tertiary alicyclic amines) is 1. The predicted octanol–water partition coefficient (Wildman–Crippen LogP) is 3.55. The van der Waals surface area contributed by atoms with Crippen LogP contribution in [0.15, 0.2) is 36.0 Å². The third kappa shape index (κ3) is 3.35. The fourth-order valence-electron chi connectivity index (χ4n) is 2.05. The molecule has 0 saturated carbocycles. The highest BCUT2D eigenvalue weighted by molar-refractivity contribution is 5.36. The van der Waals surface area contributed by atoms with Crippen LogP contribution in [0.5, 0.6) is 0 Å². The van der Waals surface area contributed by atoms with E-state index in [0.29, 0.717) is 6.04 Å². The Morgan fingerprint density at radius 2 is 2.13 bits per heavy atom. The Hall–Kier alpha value is -0.820. The molecular weight excluding hydrogens is 182 g/mol. The van der Waals surface area contributed by atoms with Crippen molar-refractivity contribution in [3.8, 4) is 0 Å². The summed E-state index contributed by atoms with van der Waals surface area (Å²) in [6.07, 6.45) is 8.74. The summed E-state index contributed by atoms with van der Waals surface area (Å²) in [6, 6.07) is 0.640. The van der Waals surface area contributed by atoms with Gasteiger partial charge in [0.05, 0.1) is 0 Å². The molecule has 1 rings (SSSR count). The fourth-order valence-corrected chi connectivity index (χ4v) is 2.05. The second-order valence-corrected chi connectivity index (χ2v) is 4.38. The molecule has 1 aliphatic heterocycles. The second-order valence-electron chi connectivity index (χ2n) is 4.38. The van der Waals surface area contributed by atoms with E-state index >= 15 is 0 Å². The first kappa shape index (κ1) is 12.3. The molecule has 1 heteroatoms. The summed E-state index contributed by atoms with van der Waals surface area (Å²) in [5.74, 6) is 0. The third-order valence-corrected chi connectivity index (χ3v) is 2.95. The lowest BCUT2D eigenvalue weighted by atomic mass is 9.95. The van der Waals surface area contributed by atoms with Gasteiger partial charge in [0.15, 0.2) is 0 Å². The van der Waals surface area contributed by atoms with Gasteiger partial charge in [-0.05, 0) is 37.8 Å². The highest BCUT2D eigenvalue weighted by Gasteiger charge is 2.19. The lowest BCUT2D eigenvalue weighted by molar-refractivity contribution is 0.231. The highest BCUT2D eigenvalue weighted by Crippen LogP contribution is 2.23. The van der Waals surface area contributed by atoms with E-state index in [1.807, 2.05) is 6.08 Å². The quantitative estimate of drug-likeness (QED) is 0.681. The van der Waals surface area contributed by atoms with Crippen molar-refractivity contribution < 1.29 is 0 Å². The fraction of sp³-hybridized carbons (Fsp3) is 0.571. The summed E-state index contributed by atoms with van der Waals surface area (Å²) in [6.45, 7) is 12.8. The normalized spacial score (nSPS) is 24.0. The largest absolute Gasteiger partial charge is 0.296 e. The Morgan fingerprint density at radius 1 is 1.40 bits per heavy atom. The molecular formula is C14H23N. The molecule has 0 spiro atoms. The molecule has 1 saturated heterocycles. The highest BCUT2D eigenvalue weighted by atomic mass is 15.1. The molecule has 84 valence electrons. The van der Waals surface area contributed by atoms with Gasteiger partial charge < -0.3 is 0 Å². The van der Waals surface area contributed by atoms with Gasteiger partial charge in [-0.3, -0.25) is 4.90 Å². The molecule has 1 aliphatic rings. The molecule has 0 atom stereocenters. The third-order valence-electron chi connectivity index (χ3n) is 2.95. The Bertz CT molecular complexity index is 271. The summed E-state index contributed by atoms with van der Waals surface area (Å²) >= 11 is 0. The minimum absolute atomic E-state index is 0.640. The lowest BCUT2D eigenvalue weighted by Crippen LogP contribution is -2.37. The second kappa shape index (κ2) is 5.92. The van der Waals surface area contributed by atoms with E-state index in [4.69, 9.17) is 0 Å². The van der Waals surface area contributed by atoms with Crippen molar-refractivity contribution in [1.82, 2.24) is 4.90 Å². The maximum absolute atomic E-state index is 3.80. The van der Waals surface area contributed by atoms with Crippen LogP contribution in [0.2, 0.25) is 0 Å². The van der Waals surface area contributed by atoms with Gasteiger partial charge >= 0.3 is 0 Å². The first-order chi connectivity index (χ1) is 7.19. The lowest BCUT2D eigenvalue weighted by Gasteiger charge is -2.33. The molecule has 0 amide bonds. The molecule has 0 aromatic rings. The average Bonchev–Trinajstić information content (AvgIpc) is 2.21. The zero-order valence-corrected chi connectivity index (χ0v) is 10.3. The van der Waals surface area contributed by atoms with E-state index in [-0.39, 0.29) is 0 Å². The van der Waals surface area contributed by atoms with Gasteiger partial charge in [-0.25, -0.2) is 0 Å². The monoisotopic (exact) mass is 205 g/mol. The van der Waals surface area contributed by atoms with Gasteiger partial charge in [0.2, 0.25) is 0 Å². The standard InChI is InChI=1S/C14H23N/c1-5-7-13-9-10-15(12(3)4)11-14(13)8-6-2/h6-8,12H,2,5,9-11H2,1,3-4H3/b13-7-,14-8-. The van der Waals surface area contributed by atoms with E-state index in [0.717, 1.165) is 13.0 Å². The van der Waals surface area contributed by atoms with Crippen LogP contribution in [-0.4, -0.2) is 24.0 Å². The van der Waals surface area contributed by atoms with Crippen LogP contribution in [0.4, 0.5) is 0 Å². The molecule has 1 nitrogen and oxygen atoms in total. The molecule has 0 aliphatic carbocycles. The Morgan fingerprint density at radius 3 is 2.67 bits per heavy atom. The Labute approximate surface area is 94.2 Å². The van der Waals surface area contributed by atoms with Gasteiger partial charge in [-0.15, -0.1) is 0 Å². The average molecular weight is 205 g/mol. The van der Waals surface area contributed by atoms with E-state index < -0.39 is 0 Å². The van der Waals surface area contributed by atoms with Crippen LogP contribution in [0.1, 0.15) is 33.6 Å². The molecule has 15 heavy (non-hydrogen) atoms. The number of allylic oxidation sites excluding steroid dienone is 3. The number of nitrogens with zero attached hydrogens (tertiary/aromatic N) is 1. The SMILES string of the molecule is C=C/C=C1/CN(C(C)C)CC/C1=C/CC. The predicted molar refractivity (Wildman–Crippen MR) is 68.0 cm³/mol. The molecule has 0 radical (unpaired) electrons. The molecule has 0 aromatic carbocycles. The first-order valence-electron chi connectivity index (χ1n) is 5.94. The maximum Gasteiger partial charge on any atom is 0.0239 e. The van der Waals surface area contributed by atoms with Crippen LogP contribution < -0.4 is 0 Å². The topological polar surface area (TPSA) is 3.24 Å². The number of piperidine rings is 1. The summed E-state index contributed by atoms with van der Waals surface area (Å²) < 4.78 is 0. The van der Waals surface area contributed by atoms with Gasteiger partial charge in [-0.2, -0.15) is 0 Å². The van der Waals surface area contributed by atoms with Crippen molar-refractivity contribution in [1.29, 1.82) is 0 Å². The molecule has 1 heterocycles. The van der Waals surface area contributed by atoms with Crippen molar-refractivity contribution in [2.75, 3.05) is 13.1 Å². The Kier molecular flexibility index (Phi) is 4.83. The molecule has 1 fully saturated rings. The summed E-state index contributed by atoms with van der Waals surface area (Å²) in [7, 11) is 0. The Balaban J connectivity index is 2.78. The molecule has 0 N–H and O–H groups in total. The summed E-state index contributed by atoms with van der Waals surface area (Å²) in [5.41, 5.74) is 2.97. The van der Waals surface area contributed by atoms with Gasteiger partial charge in [0, 0.05) is 19.1 Å². The number of rotatable bonds is 3. The van der Waals surface area contributed by atoms with Gasteiger partial charge in [-0.1, -0.05) is 31.7 Å². The minimum Gasteiger partial charge on any atom is -0.296 e.